The molecule has 1 amide bonds. The quantitative estimate of drug-likeness (QED) is 0.790. The largest absolute Gasteiger partial charge is 0.382 e. The molecule has 0 spiro atoms. The number of ether oxygens (including phenoxy) is 1. The van der Waals surface area contributed by atoms with Gasteiger partial charge in [0.25, 0.3) is 5.91 Å². The van der Waals surface area contributed by atoms with Gasteiger partial charge in [0.1, 0.15) is 5.69 Å². The van der Waals surface area contributed by atoms with Crippen molar-refractivity contribution in [1.29, 1.82) is 0 Å². The van der Waals surface area contributed by atoms with Gasteiger partial charge in [0, 0.05) is 19.5 Å². The molecule has 0 unspecified atom stereocenters. The lowest BCUT2D eigenvalue weighted by Gasteiger charge is -2.24. The average Bonchev–Trinajstić information content (AvgIpc) is 2.18. The van der Waals surface area contributed by atoms with Gasteiger partial charge in [0.15, 0.2) is 0 Å². The van der Waals surface area contributed by atoms with Crippen molar-refractivity contribution in [3.05, 3.63) is 24.3 Å². The van der Waals surface area contributed by atoms with Gasteiger partial charge in [-0.1, -0.05) is 0 Å². The van der Waals surface area contributed by atoms with E-state index >= 15 is 0 Å². The standard InChI is InChI=1S/C10H15N3O2/c1-10(2,7-15-3)13-9(14)8-6-11-4-5-12-8/h4-6H,7H2,1-3H3,(H,13,14). The predicted octanol–water partition coefficient (Wildman–Crippen LogP) is 0.631. The Balaban J connectivity index is 2.64. The number of rotatable bonds is 4. The van der Waals surface area contributed by atoms with Crippen LogP contribution >= 0.6 is 0 Å². The first kappa shape index (κ1) is 11.6. The van der Waals surface area contributed by atoms with Crippen LogP contribution in [0.3, 0.4) is 0 Å². The van der Waals surface area contributed by atoms with Crippen molar-refractivity contribution in [3.63, 3.8) is 0 Å². The lowest BCUT2D eigenvalue weighted by Crippen LogP contribution is -2.47. The second kappa shape index (κ2) is 4.84. The van der Waals surface area contributed by atoms with Crippen molar-refractivity contribution in [3.8, 4) is 0 Å². The molecule has 0 fully saturated rings. The SMILES string of the molecule is COCC(C)(C)NC(=O)c1cnccn1. The van der Waals surface area contributed by atoms with Crippen molar-refractivity contribution in [2.45, 2.75) is 19.4 Å². The number of aromatic nitrogens is 2. The molecular formula is C10H15N3O2. The number of methoxy groups -OCH3 is 1. The molecule has 1 aromatic rings. The van der Waals surface area contributed by atoms with Gasteiger partial charge in [-0.3, -0.25) is 9.78 Å². The van der Waals surface area contributed by atoms with Crippen LogP contribution in [0.1, 0.15) is 24.3 Å². The van der Waals surface area contributed by atoms with Crippen LogP contribution in [0.4, 0.5) is 0 Å². The Morgan fingerprint density at radius 3 is 2.80 bits per heavy atom. The second-order valence-corrected chi connectivity index (χ2v) is 3.86. The maximum absolute atomic E-state index is 11.7. The van der Waals surface area contributed by atoms with Gasteiger partial charge in [0.2, 0.25) is 0 Å². The molecule has 0 saturated carbocycles. The van der Waals surface area contributed by atoms with Crippen molar-refractivity contribution >= 4 is 5.91 Å². The zero-order chi connectivity index (χ0) is 11.3. The Morgan fingerprint density at radius 1 is 1.53 bits per heavy atom. The molecule has 0 saturated heterocycles. The second-order valence-electron chi connectivity index (χ2n) is 3.86. The van der Waals surface area contributed by atoms with Gasteiger partial charge >= 0.3 is 0 Å². The molecule has 0 aliphatic carbocycles. The highest BCUT2D eigenvalue weighted by Crippen LogP contribution is 2.03. The lowest BCUT2D eigenvalue weighted by molar-refractivity contribution is 0.0815. The van der Waals surface area contributed by atoms with Gasteiger partial charge in [0.05, 0.1) is 18.3 Å². The third-order valence-corrected chi connectivity index (χ3v) is 1.75. The van der Waals surface area contributed by atoms with Crippen LogP contribution in [0.2, 0.25) is 0 Å². The number of hydrogen-bond acceptors (Lipinski definition) is 4. The number of carbonyl (C=O) groups is 1. The highest BCUT2D eigenvalue weighted by molar-refractivity contribution is 5.92. The molecule has 1 rings (SSSR count). The van der Waals surface area contributed by atoms with Gasteiger partial charge < -0.3 is 10.1 Å². The molecule has 1 N–H and O–H groups in total. The first-order valence-corrected chi connectivity index (χ1v) is 4.62. The van der Waals surface area contributed by atoms with E-state index in [0.29, 0.717) is 12.3 Å². The maximum atomic E-state index is 11.7. The molecule has 5 heteroatoms. The van der Waals surface area contributed by atoms with E-state index in [-0.39, 0.29) is 5.91 Å². The summed E-state index contributed by atoms with van der Waals surface area (Å²) >= 11 is 0. The Labute approximate surface area is 88.9 Å². The summed E-state index contributed by atoms with van der Waals surface area (Å²) in [6.07, 6.45) is 4.44. The average molecular weight is 209 g/mol. The fourth-order valence-corrected chi connectivity index (χ4v) is 1.18. The summed E-state index contributed by atoms with van der Waals surface area (Å²) in [6.45, 7) is 4.20. The van der Waals surface area contributed by atoms with Crippen LogP contribution in [0.25, 0.3) is 0 Å². The molecule has 0 atom stereocenters. The Bertz CT molecular complexity index is 325. The first-order valence-electron chi connectivity index (χ1n) is 4.62. The minimum atomic E-state index is -0.413. The van der Waals surface area contributed by atoms with Crippen LogP contribution in [0.15, 0.2) is 18.6 Å². The van der Waals surface area contributed by atoms with Crippen LogP contribution < -0.4 is 5.32 Å². The fourth-order valence-electron chi connectivity index (χ4n) is 1.18. The number of nitrogens with zero attached hydrogens (tertiary/aromatic N) is 2. The maximum Gasteiger partial charge on any atom is 0.271 e. The third-order valence-electron chi connectivity index (χ3n) is 1.75. The molecule has 1 heterocycles. The minimum absolute atomic E-state index is 0.245. The molecule has 0 aliphatic rings. The summed E-state index contributed by atoms with van der Waals surface area (Å²) in [5, 5.41) is 2.81. The van der Waals surface area contributed by atoms with Gasteiger partial charge in [-0.25, -0.2) is 4.98 Å². The molecule has 0 aliphatic heterocycles. The van der Waals surface area contributed by atoms with E-state index in [1.165, 1.54) is 18.6 Å². The van der Waals surface area contributed by atoms with Crippen LogP contribution in [-0.2, 0) is 4.74 Å². The molecule has 0 bridgehead atoms. The van der Waals surface area contributed by atoms with Gasteiger partial charge in [-0.05, 0) is 13.8 Å². The topological polar surface area (TPSA) is 64.1 Å². The van der Waals surface area contributed by atoms with Crippen molar-refractivity contribution in [1.82, 2.24) is 15.3 Å². The Hall–Kier alpha value is -1.49. The Kier molecular flexibility index (Phi) is 3.74. The van der Waals surface area contributed by atoms with E-state index in [1.54, 1.807) is 7.11 Å². The third kappa shape index (κ3) is 3.63. The molecule has 0 aromatic carbocycles. The number of carbonyl (C=O) groups excluding carboxylic acids is 1. The first-order chi connectivity index (χ1) is 7.05. The summed E-state index contributed by atoms with van der Waals surface area (Å²) in [7, 11) is 1.59. The number of amides is 1. The summed E-state index contributed by atoms with van der Waals surface area (Å²) in [5.41, 5.74) is -0.106. The smallest absolute Gasteiger partial charge is 0.271 e. The molecule has 0 radical (unpaired) electrons. The van der Waals surface area contributed by atoms with E-state index in [2.05, 4.69) is 15.3 Å². The van der Waals surface area contributed by atoms with Crippen molar-refractivity contribution < 1.29 is 9.53 Å². The molecule has 15 heavy (non-hydrogen) atoms. The highest BCUT2D eigenvalue weighted by Gasteiger charge is 2.21. The highest BCUT2D eigenvalue weighted by atomic mass is 16.5. The van der Waals surface area contributed by atoms with E-state index < -0.39 is 5.54 Å². The summed E-state index contributed by atoms with van der Waals surface area (Å²) in [4.78, 5) is 19.4. The van der Waals surface area contributed by atoms with Crippen LogP contribution in [0.5, 0.6) is 0 Å². The van der Waals surface area contributed by atoms with Crippen LogP contribution in [-0.4, -0.2) is 35.1 Å². The van der Waals surface area contributed by atoms with Crippen LogP contribution in [0, 0.1) is 0 Å². The van der Waals surface area contributed by atoms with E-state index in [9.17, 15) is 4.79 Å². The van der Waals surface area contributed by atoms with Gasteiger partial charge in [-0.2, -0.15) is 0 Å². The predicted molar refractivity (Wildman–Crippen MR) is 55.5 cm³/mol. The zero-order valence-electron chi connectivity index (χ0n) is 9.15. The molecular weight excluding hydrogens is 194 g/mol. The molecule has 82 valence electrons. The summed E-state index contributed by atoms with van der Waals surface area (Å²) in [5.74, 6) is -0.245. The van der Waals surface area contributed by atoms with E-state index in [1.807, 2.05) is 13.8 Å². The van der Waals surface area contributed by atoms with E-state index in [0.717, 1.165) is 0 Å². The number of nitrogens with one attached hydrogen (secondary N) is 1. The summed E-state index contributed by atoms with van der Waals surface area (Å²) < 4.78 is 4.99. The fraction of sp³-hybridized carbons (Fsp3) is 0.500. The van der Waals surface area contributed by atoms with Gasteiger partial charge in [-0.15, -0.1) is 0 Å². The van der Waals surface area contributed by atoms with Crippen molar-refractivity contribution in [2.24, 2.45) is 0 Å². The van der Waals surface area contributed by atoms with E-state index in [4.69, 9.17) is 4.74 Å². The Morgan fingerprint density at radius 2 is 2.27 bits per heavy atom. The summed E-state index contributed by atoms with van der Waals surface area (Å²) in [6, 6.07) is 0. The lowest BCUT2D eigenvalue weighted by atomic mass is 10.1. The normalized spacial score (nSPS) is 11.1. The van der Waals surface area contributed by atoms with Crippen molar-refractivity contribution in [2.75, 3.05) is 13.7 Å². The number of hydrogen-bond donors (Lipinski definition) is 1. The zero-order valence-corrected chi connectivity index (χ0v) is 9.15. The molecule has 1 aromatic heterocycles. The minimum Gasteiger partial charge on any atom is -0.382 e. The molecule has 5 nitrogen and oxygen atoms in total. The monoisotopic (exact) mass is 209 g/mol.